The first-order valence-electron chi connectivity index (χ1n) is 7.37. The lowest BCUT2D eigenvalue weighted by molar-refractivity contribution is 0.0300. The van der Waals surface area contributed by atoms with E-state index in [0.717, 1.165) is 5.75 Å². The number of morpholine rings is 1. The minimum Gasteiger partial charge on any atom is -0.486 e. The molecule has 22 heavy (non-hydrogen) atoms. The van der Waals surface area contributed by atoms with Gasteiger partial charge in [-0.1, -0.05) is 17.7 Å². The van der Waals surface area contributed by atoms with Gasteiger partial charge in [0.25, 0.3) is 5.91 Å². The van der Waals surface area contributed by atoms with Gasteiger partial charge in [0.1, 0.15) is 12.4 Å². The number of rotatable bonds is 4. The van der Waals surface area contributed by atoms with Gasteiger partial charge in [0.15, 0.2) is 5.76 Å². The van der Waals surface area contributed by atoms with Crippen molar-refractivity contribution in [3.8, 4) is 5.75 Å². The van der Waals surface area contributed by atoms with Crippen molar-refractivity contribution in [2.75, 3.05) is 26.3 Å². The predicted molar refractivity (Wildman–Crippen MR) is 80.9 cm³/mol. The van der Waals surface area contributed by atoms with E-state index in [1.807, 2.05) is 31.2 Å². The molecule has 1 amide bonds. The van der Waals surface area contributed by atoms with Crippen LogP contribution >= 0.6 is 0 Å². The van der Waals surface area contributed by atoms with E-state index >= 15 is 0 Å². The predicted octanol–water partition coefficient (Wildman–Crippen LogP) is 2.64. The highest BCUT2D eigenvalue weighted by atomic mass is 16.5. The second kappa shape index (κ2) is 6.66. The average Bonchev–Trinajstić information content (AvgIpc) is 3.03. The maximum absolute atomic E-state index is 12.5. The highest BCUT2D eigenvalue weighted by molar-refractivity contribution is 5.95. The lowest BCUT2D eigenvalue weighted by atomic mass is 10.2. The van der Waals surface area contributed by atoms with Gasteiger partial charge < -0.3 is 18.8 Å². The summed E-state index contributed by atoms with van der Waals surface area (Å²) in [4.78, 5) is 14.3. The summed E-state index contributed by atoms with van der Waals surface area (Å²) in [6.07, 6.45) is 1.53. The van der Waals surface area contributed by atoms with Crippen LogP contribution in [0.5, 0.6) is 5.75 Å². The topological polar surface area (TPSA) is 51.9 Å². The summed E-state index contributed by atoms with van der Waals surface area (Å²) >= 11 is 0. The summed E-state index contributed by atoms with van der Waals surface area (Å²) < 4.78 is 16.4. The number of hydrogen-bond acceptors (Lipinski definition) is 4. The Morgan fingerprint density at radius 1 is 1.18 bits per heavy atom. The third-order valence-electron chi connectivity index (χ3n) is 3.67. The fourth-order valence-corrected chi connectivity index (χ4v) is 2.36. The smallest absolute Gasteiger partial charge is 0.257 e. The van der Waals surface area contributed by atoms with Gasteiger partial charge in [0.05, 0.1) is 25.0 Å². The molecule has 1 aromatic heterocycles. The van der Waals surface area contributed by atoms with E-state index in [0.29, 0.717) is 37.6 Å². The van der Waals surface area contributed by atoms with E-state index in [9.17, 15) is 4.79 Å². The molecule has 5 heteroatoms. The van der Waals surface area contributed by atoms with Crippen LogP contribution in [0, 0.1) is 6.92 Å². The molecule has 0 unspecified atom stereocenters. The van der Waals surface area contributed by atoms with Crippen LogP contribution in [-0.4, -0.2) is 37.1 Å². The zero-order valence-electron chi connectivity index (χ0n) is 12.6. The monoisotopic (exact) mass is 301 g/mol. The first kappa shape index (κ1) is 14.7. The van der Waals surface area contributed by atoms with Gasteiger partial charge in [-0.2, -0.15) is 0 Å². The quantitative estimate of drug-likeness (QED) is 0.871. The summed E-state index contributed by atoms with van der Waals surface area (Å²) in [6.45, 7) is 4.65. The van der Waals surface area contributed by atoms with Crippen LogP contribution in [0.4, 0.5) is 0 Å². The second-order valence-corrected chi connectivity index (χ2v) is 5.26. The van der Waals surface area contributed by atoms with Crippen molar-refractivity contribution >= 4 is 5.91 Å². The molecule has 0 spiro atoms. The van der Waals surface area contributed by atoms with Gasteiger partial charge >= 0.3 is 0 Å². The van der Waals surface area contributed by atoms with Crippen LogP contribution in [0.1, 0.15) is 21.7 Å². The van der Waals surface area contributed by atoms with E-state index in [1.54, 1.807) is 11.0 Å². The van der Waals surface area contributed by atoms with Gasteiger partial charge in [-0.15, -0.1) is 0 Å². The third-order valence-corrected chi connectivity index (χ3v) is 3.67. The van der Waals surface area contributed by atoms with Crippen LogP contribution in [0.3, 0.4) is 0 Å². The Kier molecular flexibility index (Phi) is 4.44. The number of benzene rings is 1. The van der Waals surface area contributed by atoms with Crippen LogP contribution in [0.2, 0.25) is 0 Å². The molecule has 0 atom stereocenters. The van der Waals surface area contributed by atoms with Crippen molar-refractivity contribution < 1.29 is 18.7 Å². The fourth-order valence-electron chi connectivity index (χ4n) is 2.36. The Bertz CT molecular complexity index is 626. The number of carbonyl (C=O) groups excluding carboxylic acids is 1. The molecule has 0 saturated carbocycles. The minimum atomic E-state index is -0.0282. The zero-order valence-corrected chi connectivity index (χ0v) is 12.6. The van der Waals surface area contributed by atoms with E-state index in [2.05, 4.69) is 0 Å². The standard InChI is InChI=1S/C17H19NO4/c1-13-2-4-14(5-3-13)22-12-16-15(6-9-21-16)17(19)18-7-10-20-11-8-18/h2-6,9H,7-8,10-12H2,1H3. The van der Waals surface area contributed by atoms with Gasteiger partial charge in [-0.25, -0.2) is 0 Å². The van der Waals surface area contributed by atoms with Crippen molar-refractivity contribution in [2.45, 2.75) is 13.5 Å². The highest BCUT2D eigenvalue weighted by Crippen LogP contribution is 2.18. The first-order valence-corrected chi connectivity index (χ1v) is 7.37. The number of amides is 1. The zero-order chi connectivity index (χ0) is 15.4. The Morgan fingerprint density at radius 2 is 1.91 bits per heavy atom. The molecule has 116 valence electrons. The largest absolute Gasteiger partial charge is 0.486 e. The lowest BCUT2D eigenvalue weighted by Crippen LogP contribution is -2.40. The molecule has 2 heterocycles. The first-order chi connectivity index (χ1) is 10.7. The van der Waals surface area contributed by atoms with E-state index in [4.69, 9.17) is 13.9 Å². The van der Waals surface area contributed by atoms with Crippen molar-refractivity contribution in [1.82, 2.24) is 4.90 Å². The average molecular weight is 301 g/mol. The summed E-state index contributed by atoms with van der Waals surface area (Å²) in [6, 6.07) is 9.48. The maximum Gasteiger partial charge on any atom is 0.257 e. The van der Waals surface area contributed by atoms with Crippen LogP contribution in [-0.2, 0) is 11.3 Å². The molecule has 2 aromatic rings. The summed E-state index contributed by atoms with van der Waals surface area (Å²) in [7, 11) is 0. The van der Waals surface area contributed by atoms with E-state index in [1.165, 1.54) is 11.8 Å². The van der Waals surface area contributed by atoms with Crippen molar-refractivity contribution in [1.29, 1.82) is 0 Å². The molecular weight excluding hydrogens is 282 g/mol. The van der Waals surface area contributed by atoms with Crippen molar-refractivity contribution in [3.63, 3.8) is 0 Å². The number of nitrogens with zero attached hydrogens (tertiary/aromatic N) is 1. The number of aryl methyl sites for hydroxylation is 1. The molecule has 0 bridgehead atoms. The molecule has 1 fully saturated rings. The third kappa shape index (κ3) is 3.31. The van der Waals surface area contributed by atoms with E-state index in [-0.39, 0.29) is 12.5 Å². The van der Waals surface area contributed by atoms with Crippen LogP contribution in [0.25, 0.3) is 0 Å². The van der Waals surface area contributed by atoms with Gasteiger partial charge in [-0.05, 0) is 25.1 Å². The SMILES string of the molecule is Cc1ccc(OCc2occc2C(=O)N2CCOCC2)cc1. The Morgan fingerprint density at radius 3 is 2.64 bits per heavy atom. The molecule has 1 aromatic carbocycles. The molecule has 1 aliphatic heterocycles. The van der Waals surface area contributed by atoms with Gasteiger partial charge in [-0.3, -0.25) is 4.79 Å². The second-order valence-electron chi connectivity index (χ2n) is 5.26. The number of carbonyl (C=O) groups is 1. The molecule has 0 N–H and O–H groups in total. The Labute approximate surface area is 129 Å². The van der Waals surface area contributed by atoms with Crippen molar-refractivity contribution in [3.05, 3.63) is 53.5 Å². The Hall–Kier alpha value is -2.27. The highest BCUT2D eigenvalue weighted by Gasteiger charge is 2.23. The van der Waals surface area contributed by atoms with Gasteiger partial charge in [0.2, 0.25) is 0 Å². The van der Waals surface area contributed by atoms with Gasteiger partial charge in [0, 0.05) is 13.1 Å². The minimum absolute atomic E-state index is 0.0282. The molecule has 1 aliphatic rings. The van der Waals surface area contributed by atoms with E-state index < -0.39 is 0 Å². The fraction of sp³-hybridized carbons (Fsp3) is 0.353. The summed E-state index contributed by atoms with van der Waals surface area (Å²) in [5, 5.41) is 0. The van der Waals surface area contributed by atoms with Crippen molar-refractivity contribution in [2.24, 2.45) is 0 Å². The molecular formula is C17H19NO4. The summed E-state index contributed by atoms with van der Waals surface area (Å²) in [5.74, 6) is 1.28. The number of hydrogen-bond donors (Lipinski definition) is 0. The molecule has 0 radical (unpaired) electrons. The Balaban J connectivity index is 1.66. The molecule has 1 saturated heterocycles. The lowest BCUT2D eigenvalue weighted by Gasteiger charge is -2.26. The molecule has 3 rings (SSSR count). The number of furan rings is 1. The molecule has 0 aliphatic carbocycles. The maximum atomic E-state index is 12.5. The normalized spacial score (nSPS) is 14.9. The molecule has 5 nitrogen and oxygen atoms in total. The number of ether oxygens (including phenoxy) is 2. The van der Waals surface area contributed by atoms with Crippen LogP contribution in [0.15, 0.2) is 41.0 Å². The van der Waals surface area contributed by atoms with Crippen LogP contribution < -0.4 is 4.74 Å². The summed E-state index contributed by atoms with van der Waals surface area (Å²) in [5.41, 5.74) is 1.74.